The van der Waals surface area contributed by atoms with E-state index in [0.29, 0.717) is 6.42 Å². The third-order valence-corrected chi connectivity index (χ3v) is 3.39. The predicted octanol–water partition coefficient (Wildman–Crippen LogP) is 1.52. The molecular weight excluding hydrogens is 255 g/mol. The highest BCUT2D eigenvalue weighted by Crippen LogP contribution is 2.34. The van der Waals surface area contributed by atoms with Gasteiger partial charge in [0.25, 0.3) is 0 Å². The molecule has 0 aliphatic carbocycles. The predicted molar refractivity (Wildman–Crippen MR) is 53.0 cm³/mol. The Kier molecular flexibility index (Phi) is 3.33. The molecule has 1 heterocycles. The van der Waals surface area contributed by atoms with Crippen LogP contribution in [0.3, 0.4) is 0 Å². The maximum absolute atomic E-state index is 8.82. The van der Waals surface area contributed by atoms with Crippen LogP contribution in [0.2, 0.25) is 0 Å². The fourth-order valence-corrected chi connectivity index (χ4v) is 2.47. The fourth-order valence-electron chi connectivity index (χ4n) is 1.33. The van der Waals surface area contributed by atoms with Gasteiger partial charge in [0.05, 0.1) is 6.61 Å². The number of hydrogen-bond acceptors (Lipinski definition) is 2. The van der Waals surface area contributed by atoms with Gasteiger partial charge >= 0.3 is 0 Å². The molecule has 1 rings (SSSR count). The van der Waals surface area contributed by atoms with Gasteiger partial charge in [0, 0.05) is 17.5 Å². The van der Waals surface area contributed by atoms with Gasteiger partial charge in [0.1, 0.15) is 5.60 Å². The summed E-state index contributed by atoms with van der Waals surface area (Å²) >= 11 is 2.28. The quantitative estimate of drug-likeness (QED) is 0.477. The van der Waals surface area contributed by atoms with E-state index in [1.807, 2.05) is 0 Å². The minimum atomic E-state index is -0.213. The van der Waals surface area contributed by atoms with Gasteiger partial charge in [-0.05, 0) is 12.0 Å². The van der Waals surface area contributed by atoms with E-state index in [0.717, 1.165) is 23.0 Å². The average Bonchev–Trinajstić information content (AvgIpc) is 2.35. The number of alkyl halides is 1. The van der Waals surface area contributed by atoms with Gasteiger partial charge in [0.15, 0.2) is 0 Å². The first-order valence-corrected chi connectivity index (χ1v) is 5.27. The zero-order chi connectivity index (χ0) is 8.32. The first-order chi connectivity index (χ1) is 5.25. The maximum Gasteiger partial charge on any atom is 0.100 e. The Labute approximate surface area is 80.8 Å². The lowest BCUT2D eigenvalue weighted by Gasteiger charge is -2.26. The SMILES string of the molecule is C=C1CCOC1(CI)CCO. The molecule has 0 amide bonds. The second kappa shape index (κ2) is 3.87. The van der Waals surface area contributed by atoms with Crippen LogP contribution < -0.4 is 0 Å². The highest BCUT2D eigenvalue weighted by Gasteiger charge is 2.36. The van der Waals surface area contributed by atoms with E-state index in [9.17, 15) is 0 Å². The largest absolute Gasteiger partial charge is 0.396 e. The van der Waals surface area contributed by atoms with Crippen molar-refractivity contribution in [3.63, 3.8) is 0 Å². The van der Waals surface area contributed by atoms with Crippen molar-refractivity contribution in [1.82, 2.24) is 0 Å². The number of aliphatic hydroxyl groups is 1. The van der Waals surface area contributed by atoms with Crippen molar-refractivity contribution in [1.29, 1.82) is 0 Å². The average molecular weight is 268 g/mol. The summed E-state index contributed by atoms with van der Waals surface area (Å²) < 4.78 is 6.47. The molecule has 11 heavy (non-hydrogen) atoms. The topological polar surface area (TPSA) is 29.5 Å². The van der Waals surface area contributed by atoms with E-state index in [4.69, 9.17) is 9.84 Å². The fraction of sp³-hybridized carbons (Fsp3) is 0.750. The van der Waals surface area contributed by atoms with Gasteiger partial charge in [-0.3, -0.25) is 0 Å². The van der Waals surface area contributed by atoms with Crippen LogP contribution in [0.15, 0.2) is 12.2 Å². The molecule has 1 unspecified atom stereocenters. The van der Waals surface area contributed by atoms with Gasteiger partial charge in [-0.2, -0.15) is 0 Å². The van der Waals surface area contributed by atoms with Gasteiger partial charge in [-0.25, -0.2) is 0 Å². The molecule has 3 heteroatoms. The van der Waals surface area contributed by atoms with Crippen LogP contribution in [0, 0.1) is 0 Å². The molecule has 2 nitrogen and oxygen atoms in total. The van der Waals surface area contributed by atoms with Crippen molar-refractivity contribution in [3.8, 4) is 0 Å². The summed E-state index contributed by atoms with van der Waals surface area (Å²) in [5.41, 5.74) is 0.927. The summed E-state index contributed by atoms with van der Waals surface area (Å²) in [6, 6.07) is 0. The Morgan fingerprint density at radius 2 is 2.45 bits per heavy atom. The maximum atomic E-state index is 8.82. The summed E-state index contributed by atoms with van der Waals surface area (Å²) in [6.45, 7) is 4.90. The van der Waals surface area contributed by atoms with Crippen molar-refractivity contribution in [2.45, 2.75) is 18.4 Å². The Morgan fingerprint density at radius 3 is 2.82 bits per heavy atom. The molecule has 64 valence electrons. The number of aliphatic hydroxyl groups excluding tert-OH is 1. The van der Waals surface area contributed by atoms with Crippen molar-refractivity contribution < 1.29 is 9.84 Å². The highest BCUT2D eigenvalue weighted by atomic mass is 127. The molecule has 0 saturated carbocycles. The molecule has 1 saturated heterocycles. The Morgan fingerprint density at radius 1 is 1.73 bits per heavy atom. The third kappa shape index (κ3) is 1.76. The van der Waals surface area contributed by atoms with Gasteiger partial charge < -0.3 is 9.84 Å². The molecule has 1 aliphatic heterocycles. The van der Waals surface area contributed by atoms with Crippen LogP contribution in [0.25, 0.3) is 0 Å². The standard InChI is InChI=1S/C8H13IO2/c1-7-2-5-11-8(7,6-9)3-4-10/h10H,1-6H2. The van der Waals surface area contributed by atoms with E-state index in [2.05, 4.69) is 29.2 Å². The Hall–Kier alpha value is 0.390. The molecule has 1 atom stereocenters. The van der Waals surface area contributed by atoms with Gasteiger partial charge in [-0.15, -0.1) is 0 Å². The molecule has 0 aromatic heterocycles. The number of rotatable bonds is 3. The molecule has 1 fully saturated rings. The number of hydrogen-bond donors (Lipinski definition) is 1. The van der Waals surface area contributed by atoms with E-state index >= 15 is 0 Å². The molecule has 0 bridgehead atoms. The van der Waals surface area contributed by atoms with Gasteiger partial charge in [0.2, 0.25) is 0 Å². The lowest BCUT2D eigenvalue weighted by atomic mass is 9.94. The summed E-state index contributed by atoms with van der Waals surface area (Å²) in [6.07, 6.45) is 1.64. The van der Waals surface area contributed by atoms with Crippen molar-refractivity contribution in [3.05, 3.63) is 12.2 Å². The highest BCUT2D eigenvalue weighted by molar-refractivity contribution is 14.1. The molecule has 1 N–H and O–H groups in total. The van der Waals surface area contributed by atoms with Gasteiger partial charge in [-0.1, -0.05) is 29.2 Å². The first-order valence-electron chi connectivity index (χ1n) is 3.74. The normalized spacial score (nSPS) is 31.3. The zero-order valence-electron chi connectivity index (χ0n) is 6.48. The van der Waals surface area contributed by atoms with E-state index in [1.165, 1.54) is 0 Å². The second-order valence-electron chi connectivity index (χ2n) is 2.80. The van der Waals surface area contributed by atoms with Crippen molar-refractivity contribution >= 4 is 22.6 Å². The molecule has 0 aromatic carbocycles. The Bertz CT molecular complexity index is 158. The summed E-state index contributed by atoms with van der Waals surface area (Å²) in [5.74, 6) is 0. The number of halogens is 1. The van der Waals surface area contributed by atoms with Crippen LogP contribution in [-0.2, 0) is 4.74 Å². The summed E-state index contributed by atoms with van der Waals surface area (Å²) in [7, 11) is 0. The lowest BCUT2D eigenvalue weighted by Crippen LogP contribution is -2.32. The molecule has 0 spiro atoms. The first kappa shape index (κ1) is 9.48. The third-order valence-electron chi connectivity index (χ3n) is 2.16. The summed E-state index contributed by atoms with van der Waals surface area (Å²) in [4.78, 5) is 0. The molecule has 0 aromatic rings. The Balaban J connectivity index is 2.65. The minimum absolute atomic E-state index is 0.183. The van der Waals surface area contributed by atoms with Crippen LogP contribution in [0.1, 0.15) is 12.8 Å². The van der Waals surface area contributed by atoms with Crippen molar-refractivity contribution in [2.24, 2.45) is 0 Å². The number of ether oxygens (including phenoxy) is 1. The monoisotopic (exact) mass is 268 g/mol. The van der Waals surface area contributed by atoms with Crippen LogP contribution in [0.4, 0.5) is 0 Å². The van der Waals surface area contributed by atoms with E-state index in [-0.39, 0.29) is 12.2 Å². The molecular formula is C8H13IO2. The van der Waals surface area contributed by atoms with Crippen LogP contribution in [-0.4, -0.2) is 28.3 Å². The lowest BCUT2D eigenvalue weighted by molar-refractivity contribution is 0.0262. The molecule has 1 aliphatic rings. The van der Waals surface area contributed by atoms with Crippen LogP contribution in [0.5, 0.6) is 0 Å². The van der Waals surface area contributed by atoms with Crippen LogP contribution >= 0.6 is 22.6 Å². The smallest absolute Gasteiger partial charge is 0.100 e. The zero-order valence-corrected chi connectivity index (χ0v) is 8.63. The summed E-state index contributed by atoms with van der Waals surface area (Å²) in [5, 5.41) is 8.82. The minimum Gasteiger partial charge on any atom is -0.396 e. The van der Waals surface area contributed by atoms with E-state index in [1.54, 1.807) is 0 Å². The van der Waals surface area contributed by atoms with Crippen molar-refractivity contribution in [2.75, 3.05) is 17.6 Å². The molecule has 0 radical (unpaired) electrons. The van der Waals surface area contributed by atoms with E-state index < -0.39 is 0 Å². The second-order valence-corrected chi connectivity index (χ2v) is 3.57.